The van der Waals surface area contributed by atoms with E-state index in [1.165, 1.54) is 30.6 Å². The van der Waals surface area contributed by atoms with Gasteiger partial charge in [-0.15, -0.1) is 11.3 Å². The number of anilines is 1. The molecular formula is C20H26N4O2S. The van der Waals surface area contributed by atoms with E-state index in [0.717, 1.165) is 24.1 Å². The molecule has 1 saturated carbocycles. The van der Waals surface area contributed by atoms with E-state index < -0.39 is 0 Å². The Morgan fingerprint density at radius 1 is 1.11 bits per heavy atom. The number of nitrogens with one attached hydrogen (secondary N) is 3. The van der Waals surface area contributed by atoms with E-state index in [1.807, 2.05) is 35.7 Å². The summed E-state index contributed by atoms with van der Waals surface area (Å²) in [5, 5.41) is 11.2. The summed E-state index contributed by atoms with van der Waals surface area (Å²) in [5.74, 6) is -0.00333. The minimum atomic E-state index is -0.191. The van der Waals surface area contributed by atoms with Crippen molar-refractivity contribution in [1.29, 1.82) is 0 Å². The summed E-state index contributed by atoms with van der Waals surface area (Å²) in [6.45, 7) is 0.533. The molecule has 1 heterocycles. The molecule has 1 aliphatic carbocycles. The number of hydrogen-bond acceptors (Lipinski definition) is 4. The maximum absolute atomic E-state index is 12.1. The molecule has 0 unspecified atom stereocenters. The Hall–Kier alpha value is -2.41. The number of aryl methyl sites for hydroxylation is 1. The lowest BCUT2D eigenvalue weighted by Crippen LogP contribution is -2.38. The van der Waals surface area contributed by atoms with Crippen molar-refractivity contribution in [2.24, 2.45) is 0 Å². The molecular weight excluding hydrogens is 360 g/mol. The van der Waals surface area contributed by atoms with Gasteiger partial charge < -0.3 is 10.6 Å². The summed E-state index contributed by atoms with van der Waals surface area (Å²) in [6.07, 6.45) is 6.66. The second-order valence-electron chi connectivity index (χ2n) is 6.84. The van der Waals surface area contributed by atoms with Gasteiger partial charge in [0.1, 0.15) is 0 Å². The van der Waals surface area contributed by atoms with Gasteiger partial charge in [-0.3, -0.25) is 10.1 Å². The van der Waals surface area contributed by atoms with Crippen LogP contribution in [0, 0.1) is 0 Å². The molecule has 0 aliphatic heterocycles. The van der Waals surface area contributed by atoms with Crippen LogP contribution in [0.3, 0.4) is 0 Å². The molecule has 1 aromatic carbocycles. The predicted molar refractivity (Wildman–Crippen MR) is 108 cm³/mol. The average Bonchev–Trinajstić information content (AvgIpc) is 3.13. The summed E-state index contributed by atoms with van der Waals surface area (Å²) < 4.78 is 0. The standard InChI is InChI=1S/C20H26N4O2S/c25-18(21-13-15-7-3-1-4-8-15)12-11-17-14-27-20(23-17)24-19(26)22-16-9-5-2-6-10-16/h1,3-4,7-8,14,16H,2,5-6,9-13H2,(H,21,25)(H2,22,23,24,26). The molecule has 144 valence electrons. The van der Waals surface area contributed by atoms with Crippen molar-refractivity contribution in [3.05, 3.63) is 47.0 Å². The maximum Gasteiger partial charge on any atom is 0.321 e. The fourth-order valence-electron chi connectivity index (χ4n) is 3.17. The van der Waals surface area contributed by atoms with Gasteiger partial charge in [0, 0.05) is 24.4 Å². The largest absolute Gasteiger partial charge is 0.352 e. The van der Waals surface area contributed by atoms with Gasteiger partial charge in [-0.25, -0.2) is 9.78 Å². The molecule has 1 aliphatic rings. The van der Waals surface area contributed by atoms with Crippen molar-refractivity contribution in [3.8, 4) is 0 Å². The molecule has 7 heteroatoms. The molecule has 0 spiro atoms. The Morgan fingerprint density at radius 2 is 1.89 bits per heavy atom. The third-order valence-electron chi connectivity index (χ3n) is 4.65. The highest BCUT2D eigenvalue weighted by atomic mass is 32.1. The van der Waals surface area contributed by atoms with Crippen molar-refractivity contribution in [3.63, 3.8) is 0 Å². The quantitative estimate of drug-likeness (QED) is 0.676. The number of benzene rings is 1. The fraction of sp³-hybridized carbons (Fsp3) is 0.450. The van der Waals surface area contributed by atoms with Crippen molar-refractivity contribution < 1.29 is 9.59 Å². The van der Waals surface area contributed by atoms with Gasteiger partial charge in [0.15, 0.2) is 5.13 Å². The summed E-state index contributed by atoms with van der Waals surface area (Å²) in [4.78, 5) is 28.4. The highest BCUT2D eigenvalue weighted by molar-refractivity contribution is 7.13. The van der Waals surface area contributed by atoms with E-state index in [2.05, 4.69) is 20.9 Å². The number of rotatable bonds is 7. The Labute approximate surface area is 163 Å². The Balaban J connectivity index is 1.37. The van der Waals surface area contributed by atoms with Crippen molar-refractivity contribution in [2.45, 2.75) is 57.5 Å². The number of carbonyl (C=O) groups excluding carboxylic acids is 2. The Morgan fingerprint density at radius 3 is 2.67 bits per heavy atom. The van der Waals surface area contributed by atoms with Crippen LogP contribution in [0.5, 0.6) is 0 Å². The molecule has 0 radical (unpaired) electrons. The van der Waals surface area contributed by atoms with E-state index in [9.17, 15) is 9.59 Å². The first-order chi connectivity index (χ1) is 13.2. The lowest BCUT2D eigenvalue weighted by Gasteiger charge is -2.22. The molecule has 2 aromatic rings. The van der Waals surface area contributed by atoms with Gasteiger partial charge in [-0.05, 0) is 24.8 Å². The smallest absolute Gasteiger partial charge is 0.321 e. The minimum absolute atomic E-state index is 0.00333. The number of hydrogen-bond donors (Lipinski definition) is 3. The zero-order chi connectivity index (χ0) is 18.9. The van der Waals surface area contributed by atoms with Gasteiger partial charge in [0.2, 0.25) is 5.91 Å². The first-order valence-corrected chi connectivity index (χ1v) is 10.4. The van der Waals surface area contributed by atoms with Crippen LogP contribution >= 0.6 is 11.3 Å². The topological polar surface area (TPSA) is 83.1 Å². The second kappa shape index (κ2) is 10.1. The van der Waals surface area contributed by atoms with Gasteiger partial charge in [0.05, 0.1) is 5.69 Å². The van der Waals surface area contributed by atoms with Crippen LogP contribution in [-0.4, -0.2) is 23.0 Å². The van der Waals surface area contributed by atoms with Crippen molar-refractivity contribution in [2.75, 3.05) is 5.32 Å². The summed E-state index contributed by atoms with van der Waals surface area (Å²) in [5.41, 5.74) is 1.90. The minimum Gasteiger partial charge on any atom is -0.352 e. The Kier molecular flexibility index (Phi) is 7.21. The normalized spacial score (nSPS) is 14.5. The highest BCUT2D eigenvalue weighted by Gasteiger charge is 2.16. The van der Waals surface area contributed by atoms with E-state index in [4.69, 9.17) is 0 Å². The first-order valence-electron chi connectivity index (χ1n) is 9.51. The van der Waals surface area contributed by atoms with Crippen LogP contribution < -0.4 is 16.0 Å². The van der Waals surface area contributed by atoms with Gasteiger partial charge in [0.25, 0.3) is 0 Å². The Bertz CT molecular complexity index is 741. The summed E-state index contributed by atoms with van der Waals surface area (Å²) in [6, 6.07) is 9.91. The zero-order valence-corrected chi connectivity index (χ0v) is 16.2. The second-order valence-corrected chi connectivity index (χ2v) is 7.70. The molecule has 3 amide bonds. The number of thiazole rings is 1. The van der Waals surface area contributed by atoms with E-state index in [1.54, 1.807) is 0 Å². The highest BCUT2D eigenvalue weighted by Crippen LogP contribution is 2.19. The van der Waals surface area contributed by atoms with Crippen molar-refractivity contribution in [1.82, 2.24) is 15.6 Å². The number of carbonyl (C=O) groups is 2. The van der Waals surface area contributed by atoms with E-state index in [-0.39, 0.29) is 18.0 Å². The lowest BCUT2D eigenvalue weighted by molar-refractivity contribution is -0.121. The van der Waals surface area contributed by atoms with Crippen LogP contribution in [0.15, 0.2) is 35.7 Å². The molecule has 3 N–H and O–H groups in total. The maximum atomic E-state index is 12.1. The molecule has 1 aromatic heterocycles. The van der Waals surface area contributed by atoms with Gasteiger partial charge >= 0.3 is 6.03 Å². The summed E-state index contributed by atoms with van der Waals surface area (Å²) in [7, 11) is 0. The molecule has 0 saturated heterocycles. The third-order valence-corrected chi connectivity index (χ3v) is 5.46. The molecule has 3 rings (SSSR count). The zero-order valence-electron chi connectivity index (χ0n) is 15.4. The van der Waals surface area contributed by atoms with Crippen molar-refractivity contribution >= 4 is 28.4 Å². The fourth-order valence-corrected chi connectivity index (χ4v) is 3.91. The molecule has 27 heavy (non-hydrogen) atoms. The number of urea groups is 1. The van der Waals surface area contributed by atoms with Gasteiger partial charge in [-0.1, -0.05) is 49.6 Å². The third kappa shape index (κ3) is 6.67. The van der Waals surface area contributed by atoms with Gasteiger partial charge in [-0.2, -0.15) is 0 Å². The van der Waals surface area contributed by atoms with Crippen LogP contribution in [0.4, 0.5) is 9.93 Å². The lowest BCUT2D eigenvalue weighted by atomic mass is 9.96. The number of amides is 3. The average molecular weight is 387 g/mol. The first kappa shape index (κ1) is 19.4. The van der Waals surface area contributed by atoms with Crippen LogP contribution in [0.1, 0.15) is 49.8 Å². The molecule has 0 atom stereocenters. The van der Waals surface area contributed by atoms with Crippen LogP contribution in [0.25, 0.3) is 0 Å². The predicted octanol–water partition coefficient (Wildman–Crippen LogP) is 3.85. The van der Waals surface area contributed by atoms with Crippen LogP contribution in [-0.2, 0) is 17.8 Å². The molecule has 6 nitrogen and oxygen atoms in total. The van der Waals surface area contributed by atoms with E-state index >= 15 is 0 Å². The van der Waals surface area contributed by atoms with Crippen LogP contribution in [0.2, 0.25) is 0 Å². The molecule has 0 bridgehead atoms. The number of nitrogens with zero attached hydrogens (tertiary/aromatic N) is 1. The summed E-state index contributed by atoms with van der Waals surface area (Å²) >= 11 is 1.39. The monoisotopic (exact) mass is 386 g/mol. The van der Waals surface area contributed by atoms with E-state index in [0.29, 0.717) is 24.5 Å². The molecule has 1 fully saturated rings. The SMILES string of the molecule is O=C(CCc1csc(NC(=O)NC2CCCCC2)n1)NCc1ccccc1. The number of aromatic nitrogens is 1.